The zero-order valence-corrected chi connectivity index (χ0v) is 17.9. The molecule has 1 N–H and O–H groups in total. The van der Waals surface area contributed by atoms with Crippen molar-refractivity contribution in [3.63, 3.8) is 0 Å². The standard InChI is InChI=1S/C25H21ClN2O3/c1-16-6-8-17(9-7-16)15-27-25(30)24(29)23-20(14-19-5-3-4-12-28(19)23)18-10-11-22(31-2)21(26)13-18/h3-14H,15H2,1-2H3,(H,27,30). The van der Waals surface area contributed by atoms with Crippen molar-refractivity contribution in [3.05, 3.63) is 94.8 Å². The number of ketones is 1. The highest BCUT2D eigenvalue weighted by Crippen LogP contribution is 2.34. The Balaban J connectivity index is 1.69. The predicted octanol–water partition coefficient (Wildman–Crippen LogP) is 5.08. The first-order valence-electron chi connectivity index (χ1n) is 9.80. The maximum atomic E-state index is 13.2. The molecule has 6 heteroatoms. The van der Waals surface area contributed by atoms with Gasteiger partial charge in [0.15, 0.2) is 0 Å². The van der Waals surface area contributed by atoms with Gasteiger partial charge in [-0.25, -0.2) is 0 Å². The molecular weight excluding hydrogens is 412 g/mol. The van der Waals surface area contributed by atoms with E-state index >= 15 is 0 Å². The Bertz CT molecular complexity index is 1280. The molecule has 2 heterocycles. The molecule has 0 aliphatic rings. The number of ether oxygens (including phenoxy) is 1. The molecule has 0 fully saturated rings. The number of amides is 1. The number of methoxy groups -OCH3 is 1. The Labute approximate surface area is 185 Å². The third-order valence-corrected chi connectivity index (χ3v) is 5.43. The van der Waals surface area contributed by atoms with Crippen LogP contribution in [0.2, 0.25) is 5.02 Å². The summed E-state index contributed by atoms with van der Waals surface area (Å²) in [5, 5.41) is 3.16. The van der Waals surface area contributed by atoms with Crippen LogP contribution in [0.1, 0.15) is 21.6 Å². The molecule has 31 heavy (non-hydrogen) atoms. The lowest BCUT2D eigenvalue weighted by molar-refractivity contribution is -0.117. The molecule has 0 unspecified atom stereocenters. The van der Waals surface area contributed by atoms with Crippen LogP contribution in [0.4, 0.5) is 0 Å². The molecule has 0 spiro atoms. The van der Waals surface area contributed by atoms with Crippen LogP contribution in [0.15, 0.2) is 72.9 Å². The highest BCUT2D eigenvalue weighted by Gasteiger charge is 2.25. The summed E-state index contributed by atoms with van der Waals surface area (Å²) in [5.41, 5.74) is 4.51. The van der Waals surface area contributed by atoms with Gasteiger partial charge in [-0.3, -0.25) is 9.59 Å². The smallest absolute Gasteiger partial charge is 0.294 e. The second kappa shape index (κ2) is 8.66. The van der Waals surface area contributed by atoms with Crippen LogP contribution >= 0.6 is 11.6 Å². The van der Waals surface area contributed by atoms with E-state index in [1.54, 1.807) is 29.8 Å². The average molecular weight is 433 g/mol. The summed E-state index contributed by atoms with van der Waals surface area (Å²) in [6.07, 6.45) is 1.77. The normalized spacial score (nSPS) is 10.8. The molecule has 1 amide bonds. The number of aryl methyl sites for hydroxylation is 1. The largest absolute Gasteiger partial charge is 0.495 e. The highest BCUT2D eigenvalue weighted by atomic mass is 35.5. The number of pyridine rings is 1. The number of aromatic nitrogens is 1. The second-order valence-electron chi connectivity index (χ2n) is 7.25. The lowest BCUT2D eigenvalue weighted by Gasteiger charge is -2.09. The molecule has 0 radical (unpaired) electrons. The van der Waals surface area contributed by atoms with Crippen molar-refractivity contribution in [2.45, 2.75) is 13.5 Å². The van der Waals surface area contributed by atoms with Crippen LogP contribution in [0.25, 0.3) is 16.6 Å². The third kappa shape index (κ3) is 4.18. The predicted molar refractivity (Wildman–Crippen MR) is 122 cm³/mol. The van der Waals surface area contributed by atoms with E-state index < -0.39 is 11.7 Å². The van der Waals surface area contributed by atoms with Crippen molar-refractivity contribution >= 4 is 28.8 Å². The number of hydrogen-bond donors (Lipinski definition) is 1. The van der Waals surface area contributed by atoms with E-state index in [0.29, 0.717) is 22.0 Å². The van der Waals surface area contributed by atoms with Gasteiger partial charge in [0.05, 0.1) is 12.1 Å². The van der Waals surface area contributed by atoms with Gasteiger partial charge in [0.25, 0.3) is 11.7 Å². The summed E-state index contributed by atoms with van der Waals surface area (Å²) in [6, 6.07) is 20.5. The SMILES string of the molecule is COc1ccc(-c2cc3ccccn3c2C(=O)C(=O)NCc2ccc(C)cc2)cc1Cl. The first-order chi connectivity index (χ1) is 15.0. The fourth-order valence-corrected chi connectivity index (χ4v) is 3.74. The first-order valence-corrected chi connectivity index (χ1v) is 10.2. The number of carbonyl (C=O) groups excluding carboxylic acids is 2. The Morgan fingerprint density at radius 3 is 2.52 bits per heavy atom. The molecule has 0 aliphatic heterocycles. The maximum Gasteiger partial charge on any atom is 0.294 e. The lowest BCUT2D eigenvalue weighted by atomic mass is 10.0. The summed E-state index contributed by atoms with van der Waals surface area (Å²) < 4.78 is 6.95. The van der Waals surface area contributed by atoms with Crippen LogP contribution in [0, 0.1) is 6.92 Å². The third-order valence-electron chi connectivity index (χ3n) is 5.14. The van der Waals surface area contributed by atoms with Crippen LogP contribution < -0.4 is 10.1 Å². The van der Waals surface area contributed by atoms with E-state index in [-0.39, 0.29) is 6.54 Å². The molecule has 0 atom stereocenters. The maximum absolute atomic E-state index is 13.2. The van der Waals surface area contributed by atoms with Crippen LogP contribution in [0.3, 0.4) is 0 Å². The van der Waals surface area contributed by atoms with Gasteiger partial charge in [-0.2, -0.15) is 0 Å². The molecule has 4 aromatic rings. The van der Waals surface area contributed by atoms with E-state index in [1.807, 2.05) is 61.5 Å². The van der Waals surface area contributed by atoms with Crippen LogP contribution in [0.5, 0.6) is 5.75 Å². The van der Waals surface area contributed by atoms with E-state index in [0.717, 1.165) is 22.2 Å². The Morgan fingerprint density at radius 2 is 1.81 bits per heavy atom. The number of carbonyl (C=O) groups is 2. The summed E-state index contributed by atoms with van der Waals surface area (Å²) >= 11 is 6.31. The van der Waals surface area contributed by atoms with Gasteiger partial charge in [0.2, 0.25) is 0 Å². The van der Waals surface area contributed by atoms with Gasteiger partial charge in [0, 0.05) is 23.8 Å². The van der Waals surface area contributed by atoms with Gasteiger partial charge in [-0.1, -0.05) is 53.6 Å². The molecule has 5 nitrogen and oxygen atoms in total. The van der Waals surface area contributed by atoms with Crippen molar-refractivity contribution in [1.29, 1.82) is 0 Å². The summed E-state index contributed by atoms with van der Waals surface area (Å²) in [4.78, 5) is 26.0. The topological polar surface area (TPSA) is 59.8 Å². The average Bonchev–Trinajstić information content (AvgIpc) is 3.17. The Kier molecular flexibility index (Phi) is 5.78. The Hall–Kier alpha value is -3.57. The van der Waals surface area contributed by atoms with Gasteiger partial charge in [-0.05, 0) is 48.4 Å². The molecule has 0 bridgehead atoms. The monoisotopic (exact) mass is 432 g/mol. The quantitative estimate of drug-likeness (QED) is 0.341. The van der Waals surface area contributed by atoms with Gasteiger partial charge < -0.3 is 14.5 Å². The van der Waals surface area contributed by atoms with Crippen molar-refractivity contribution in [1.82, 2.24) is 9.72 Å². The molecule has 0 saturated carbocycles. The number of halogens is 1. The van der Waals surface area contributed by atoms with Crippen molar-refractivity contribution in [2.75, 3.05) is 7.11 Å². The van der Waals surface area contributed by atoms with E-state index in [1.165, 1.54) is 0 Å². The highest BCUT2D eigenvalue weighted by molar-refractivity contribution is 6.43. The molecule has 0 aliphatic carbocycles. The molecule has 2 aromatic heterocycles. The minimum Gasteiger partial charge on any atom is -0.495 e. The van der Waals surface area contributed by atoms with E-state index in [4.69, 9.17) is 16.3 Å². The fourth-order valence-electron chi connectivity index (χ4n) is 3.49. The minimum absolute atomic E-state index is 0.276. The number of benzene rings is 2. The first kappa shape index (κ1) is 20.7. The van der Waals surface area contributed by atoms with E-state index in [9.17, 15) is 9.59 Å². The number of rotatable bonds is 6. The lowest BCUT2D eigenvalue weighted by Crippen LogP contribution is -2.31. The number of fused-ring (bicyclic) bond motifs is 1. The molecular formula is C25H21ClN2O3. The fraction of sp³-hybridized carbons (Fsp3) is 0.120. The summed E-state index contributed by atoms with van der Waals surface area (Å²) in [7, 11) is 1.54. The van der Waals surface area contributed by atoms with Crippen LogP contribution in [-0.2, 0) is 11.3 Å². The Morgan fingerprint density at radius 1 is 1.03 bits per heavy atom. The summed E-state index contributed by atoms with van der Waals surface area (Å²) in [6.45, 7) is 2.27. The summed E-state index contributed by atoms with van der Waals surface area (Å²) in [5.74, 6) is -0.733. The molecule has 2 aromatic carbocycles. The van der Waals surface area contributed by atoms with Gasteiger partial charge in [0.1, 0.15) is 11.4 Å². The number of hydrogen-bond acceptors (Lipinski definition) is 3. The molecule has 4 rings (SSSR count). The van der Waals surface area contributed by atoms with Crippen LogP contribution in [-0.4, -0.2) is 23.2 Å². The van der Waals surface area contributed by atoms with E-state index in [2.05, 4.69) is 5.32 Å². The zero-order chi connectivity index (χ0) is 22.0. The van der Waals surface area contributed by atoms with Crippen molar-refractivity contribution in [2.24, 2.45) is 0 Å². The number of Topliss-reactive ketones (excluding diaryl/α,β-unsaturated/α-hetero) is 1. The zero-order valence-electron chi connectivity index (χ0n) is 17.2. The van der Waals surface area contributed by atoms with Crippen molar-refractivity contribution in [3.8, 4) is 16.9 Å². The molecule has 0 saturated heterocycles. The number of nitrogens with one attached hydrogen (secondary N) is 1. The molecule has 156 valence electrons. The minimum atomic E-state index is -0.662. The number of nitrogens with zero attached hydrogens (tertiary/aromatic N) is 1. The van der Waals surface area contributed by atoms with Gasteiger partial charge in [-0.15, -0.1) is 0 Å². The van der Waals surface area contributed by atoms with Crippen molar-refractivity contribution < 1.29 is 14.3 Å². The van der Waals surface area contributed by atoms with Gasteiger partial charge >= 0.3 is 0 Å². The second-order valence-corrected chi connectivity index (χ2v) is 7.66.